The van der Waals surface area contributed by atoms with Crippen LogP contribution >= 0.6 is 0 Å². The van der Waals surface area contributed by atoms with Gasteiger partial charge in [-0.15, -0.1) is 0 Å². The van der Waals surface area contributed by atoms with Crippen LogP contribution in [0.15, 0.2) is 35.5 Å². The van der Waals surface area contributed by atoms with Gasteiger partial charge < -0.3 is 10.4 Å². The van der Waals surface area contributed by atoms with Crippen molar-refractivity contribution in [3.63, 3.8) is 0 Å². The van der Waals surface area contributed by atoms with E-state index < -0.39 is 35.5 Å². The number of alkyl halides is 3. The van der Waals surface area contributed by atoms with Gasteiger partial charge in [0, 0.05) is 23.5 Å². The molecule has 6 nitrogen and oxygen atoms in total. The van der Waals surface area contributed by atoms with Crippen molar-refractivity contribution in [1.82, 2.24) is 15.3 Å². The monoisotopic (exact) mass is 479 g/mol. The molecule has 1 aliphatic rings. The molecule has 0 spiro atoms. The average molecular weight is 480 g/mol. The van der Waals surface area contributed by atoms with Crippen LogP contribution in [0.1, 0.15) is 69.1 Å². The van der Waals surface area contributed by atoms with E-state index >= 15 is 0 Å². The number of pyridine rings is 2. The second kappa shape index (κ2) is 9.87. The number of fused-ring (bicyclic) bond motifs is 1. The lowest BCUT2D eigenvalue weighted by molar-refractivity contribution is -0.287. The highest BCUT2D eigenvalue weighted by Gasteiger charge is 2.60. The van der Waals surface area contributed by atoms with E-state index in [-0.39, 0.29) is 23.7 Å². The summed E-state index contributed by atoms with van der Waals surface area (Å²) in [6.07, 6.45) is -2.82. The van der Waals surface area contributed by atoms with Gasteiger partial charge in [-0.1, -0.05) is 27.7 Å². The van der Waals surface area contributed by atoms with E-state index in [1.807, 2.05) is 6.92 Å². The Morgan fingerprint density at radius 1 is 1.12 bits per heavy atom. The summed E-state index contributed by atoms with van der Waals surface area (Å²) in [5, 5.41) is 21.7. The fourth-order valence-corrected chi connectivity index (χ4v) is 4.23. The summed E-state index contributed by atoms with van der Waals surface area (Å²) in [6.45, 7) is 6.50. The highest BCUT2D eigenvalue weighted by atomic mass is 19.4. The second-order valence-electron chi connectivity index (χ2n) is 8.90. The molecule has 1 aliphatic heterocycles. The average Bonchev–Trinajstić information content (AvgIpc) is 3.11. The maximum atomic E-state index is 14.8. The van der Waals surface area contributed by atoms with Gasteiger partial charge in [-0.3, -0.25) is 10.4 Å². The Kier molecular flexibility index (Phi) is 7.52. The van der Waals surface area contributed by atoms with E-state index in [2.05, 4.69) is 20.3 Å². The van der Waals surface area contributed by atoms with E-state index in [9.17, 15) is 22.7 Å². The van der Waals surface area contributed by atoms with Gasteiger partial charge in [0.2, 0.25) is 0 Å². The van der Waals surface area contributed by atoms with Crippen molar-refractivity contribution in [3.05, 3.63) is 58.9 Å². The number of aliphatic imine (C=N–C) groups is 1. The Labute approximate surface area is 196 Å². The lowest BCUT2D eigenvalue weighted by Gasteiger charge is -2.42. The second-order valence-corrected chi connectivity index (χ2v) is 8.90. The molecule has 3 unspecified atom stereocenters. The van der Waals surface area contributed by atoms with Crippen LogP contribution in [0.2, 0.25) is 0 Å². The molecule has 10 heteroatoms. The molecule has 2 aromatic rings. The summed E-state index contributed by atoms with van der Waals surface area (Å²) in [7, 11) is 0. The van der Waals surface area contributed by atoms with Gasteiger partial charge in [0.1, 0.15) is 17.1 Å². The van der Waals surface area contributed by atoms with Gasteiger partial charge in [0.05, 0.1) is 0 Å². The fourth-order valence-electron chi connectivity index (χ4n) is 4.23. The van der Waals surface area contributed by atoms with Crippen LogP contribution in [0.5, 0.6) is 0 Å². The van der Waals surface area contributed by atoms with Gasteiger partial charge in [0.15, 0.2) is 17.3 Å². The molecule has 2 aromatic heterocycles. The largest absolute Gasteiger partial charge is 0.418 e. The Morgan fingerprint density at radius 3 is 2.44 bits per heavy atom. The molecule has 0 bridgehead atoms. The normalized spacial score (nSPS) is 17.4. The van der Waals surface area contributed by atoms with Crippen molar-refractivity contribution in [2.75, 3.05) is 6.54 Å². The van der Waals surface area contributed by atoms with Crippen molar-refractivity contribution in [1.29, 1.82) is 5.41 Å². The number of nitrogens with one attached hydrogen (secondary N) is 2. The maximum absolute atomic E-state index is 14.8. The predicted octanol–water partition coefficient (Wildman–Crippen LogP) is 4.60. The van der Waals surface area contributed by atoms with E-state index in [1.165, 1.54) is 32.2 Å². The molecule has 0 fully saturated rings. The predicted molar refractivity (Wildman–Crippen MR) is 122 cm³/mol. The molecule has 184 valence electrons. The summed E-state index contributed by atoms with van der Waals surface area (Å²) in [6, 6.07) is 4.64. The SMILES string of the molecule is CCCNC(CC(C)c1ccc(F)c(C2=NC(=N)c3ncccc32)n1)C(O)(C(C)C)C(F)(F)F. The molecule has 0 saturated heterocycles. The number of rotatable bonds is 9. The van der Waals surface area contributed by atoms with Crippen molar-refractivity contribution in [3.8, 4) is 0 Å². The van der Waals surface area contributed by atoms with Crippen LogP contribution < -0.4 is 5.32 Å². The van der Waals surface area contributed by atoms with Crippen LogP contribution in [0, 0.1) is 17.1 Å². The smallest absolute Gasteiger partial charge is 0.379 e. The Bertz CT molecular complexity index is 1090. The summed E-state index contributed by atoms with van der Waals surface area (Å²) in [5.74, 6) is -2.40. The lowest BCUT2D eigenvalue weighted by Crippen LogP contribution is -2.63. The molecule has 3 rings (SSSR count). The van der Waals surface area contributed by atoms with Crippen molar-refractivity contribution in [2.45, 2.75) is 64.3 Å². The van der Waals surface area contributed by atoms with E-state index in [1.54, 1.807) is 19.1 Å². The minimum Gasteiger partial charge on any atom is -0.379 e. The fraction of sp³-hybridized carbons (Fsp3) is 0.500. The number of halogens is 4. The number of aromatic nitrogens is 2. The van der Waals surface area contributed by atoms with Crippen LogP contribution in [-0.2, 0) is 0 Å². The molecule has 0 aromatic carbocycles. The quantitative estimate of drug-likeness (QED) is 0.458. The molecule has 34 heavy (non-hydrogen) atoms. The maximum Gasteiger partial charge on any atom is 0.418 e. The Balaban J connectivity index is 1.96. The molecule has 0 aliphatic carbocycles. The van der Waals surface area contributed by atoms with Crippen LogP contribution in [0.4, 0.5) is 17.6 Å². The van der Waals surface area contributed by atoms with Gasteiger partial charge in [-0.2, -0.15) is 13.2 Å². The Hall–Kier alpha value is -2.72. The highest BCUT2D eigenvalue weighted by Crippen LogP contribution is 2.41. The summed E-state index contributed by atoms with van der Waals surface area (Å²) >= 11 is 0. The van der Waals surface area contributed by atoms with Gasteiger partial charge >= 0.3 is 6.18 Å². The topological polar surface area (TPSA) is 94.3 Å². The molecule has 0 radical (unpaired) electrons. The lowest BCUT2D eigenvalue weighted by atomic mass is 9.78. The van der Waals surface area contributed by atoms with Crippen molar-refractivity contribution < 1.29 is 22.7 Å². The third-order valence-corrected chi connectivity index (χ3v) is 6.20. The number of nitrogens with zero attached hydrogens (tertiary/aromatic N) is 3. The molecule has 3 N–H and O–H groups in total. The number of aliphatic hydroxyl groups is 1. The third-order valence-electron chi connectivity index (χ3n) is 6.20. The zero-order chi connectivity index (χ0) is 25.3. The summed E-state index contributed by atoms with van der Waals surface area (Å²) in [4.78, 5) is 12.6. The molecule has 3 atom stereocenters. The molecule has 0 amide bonds. The third kappa shape index (κ3) is 4.74. The number of hydrogen-bond donors (Lipinski definition) is 3. The highest BCUT2D eigenvalue weighted by molar-refractivity contribution is 6.26. The minimum atomic E-state index is -4.84. The number of amidine groups is 1. The summed E-state index contributed by atoms with van der Waals surface area (Å²) < 4.78 is 56.7. The molecule has 3 heterocycles. The molecular weight excluding hydrogens is 450 g/mol. The first-order valence-corrected chi connectivity index (χ1v) is 11.2. The standard InChI is InChI=1S/C24H29F4N5O/c1-5-10-30-18(23(34,13(2)3)24(26,27)28)12-14(4)17-9-8-16(25)21(32-17)19-15-7-6-11-31-20(15)22(29)33-19/h6-9,11,13-14,18,29-30,34H,5,10,12H2,1-4H3. The first-order valence-electron chi connectivity index (χ1n) is 11.2. The van der Waals surface area contributed by atoms with Gasteiger partial charge in [-0.25, -0.2) is 14.4 Å². The van der Waals surface area contributed by atoms with E-state index in [0.29, 0.717) is 29.9 Å². The number of hydrogen-bond acceptors (Lipinski definition) is 5. The minimum absolute atomic E-state index is 0.0767. The van der Waals surface area contributed by atoms with Crippen molar-refractivity contribution in [2.24, 2.45) is 10.9 Å². The first kappa shape index (κ1) is 25.9. The van der Waals surface area contributed by atoms with Crippen LogP contribution in [0.3, 0.4) is 0 Å². The zero-order valence-electron chi connectivity index (χ0n) is 19.5. The van der Waals surface area contributed by atoms with E-state index in [4.69, 9.17) is 5.41 Å². The van der Waals surface area contributed by atoms with Crippen molar-refractivity contribution >= 4 is 11.5 Å². The van der Waals surface area contributed by atoms with E-state index in [0.717, 1.165) is 0 Å². The molecular formula is C24H29F4N5O. The Morgan fingerprint density at radius 2 is 1.82 bits per heavy atom. The van der Waals surface area contributed by atoms with Crippen LogP contribution in [0.25, 0.3) is 0 Å². The van der Waals surface area contributed by atoms with Gasteiger partial charge in [-0.05, 0) is 55.5 Å². The van der Waals surface area contributed by atoms with Gasteiger partial charge in [0.25, 0.3) is 0 Å². The zero-order valence-corrected chi connectivity index (χ0v) is 19.5. The molecule has 0 saturated carbocycles. The first-order chi connectivity index (χ1) is 15.9. The summed E-state index contributed by atoms with van der Waals surface area (Å²) in [5.41, 5.74) is -1.73. The van der Waals surface area contributed by atoms with Crippen LogP contribution in [-0.4, -0.2) is 51.0 Å².